The number of aromatic nitrogens is 2. The number of H-pyrrole nitrogens is 1. The number of aliphatic hydroxyl groups excluding tert-OH is 1. The van der Waals surface area contributed by atoms with Gasteiger partial charge in [0.1, 0.15) is 18.4 Å². The fraction of sp³-hybridized carbons (Fsp3) is 0.538. The van der Waals surface area contributed by atoms with Gasteiger partial charge in [-0.2, -0.15) is 8.62 Å². The number of hydrogen-bond donors (Lipinski definition) is 7. The van der Waals surface area contributed by atoms with Gasteiger partial charge in [-0.15, -0.1) is 6.58 Å². The van der Waals surface area contributed by atoms with E-state index < -0.39 is 78.0 Å². The molecule has 194 valence electrons. The average molecular weight is 556 g/mol. The summed E-state index contributed by atoms with van der Waals surface area (Å²) >= 11 is 0. The van der Waals surface area contributed by atoms with Crippen molar-refractivity contribution >= 4 is 23.5 Å². The average Bonchev–Trinajstić information content (AvgIpc) is 2.86. The molecule has 1 aromatic rings. The maximum absolute atomic E-state index is 14.1. The number of ether oxygens (including phenoxy) is 1. The van der Waals surface area contributed by atoms with E-state index in [9.17, 15) is 47.7 Å². The van der Waals surface area contributed by atoms with Crippen molar-refractivity contribution in [2.45, 2.75) is 30.0 Å². The van der Waals surface area contributed by atoms with Gasteiger partial charge in [-0.1, -0.05) is 6.08 Å². The highest BCUT2D eigenvalue weighted by Gasteiger charge is 2.64. The molecule has 7 N–H and O–H groups in total. The minimum absolute atomic E-state index is 0.540. The van der Waals surface area contributed by atoms with Crippen LogP contribution in [0.2, 0.25) is 0 Å². The Morgan fingerprint density at radius 1 is 1.21 bits per heavy atom. The zero-order chi connectivity index (χ0) is 26.2. The highest BCUT2D eigenvalue weighted by molar-refractivity contribution is 7.66. The molecular weight excluding hydrogens is 536 g/mol. The molecule has 2 heterocycles. The third kappa shape index (κ3) is 6.44. The summed E-state index contributed by atoms with van der Waals surface area (Å²) in [6.07, 6.45) is -2.85. The molecule has 1 fully saturated rings. The van der Waals surface area contributed by atoms with Gasteiger partial charge in [0.25, 0.3) is 5.56 Å². The third-order valence-electron chi connectivity index (χ3n) is 4.44. The summed E-state index contributed by atoms with van der Waals surface area (Å²) in [5.74, 6) is 0. The van der Waals surface area contributed by atoms with Crippen LogP contribution in [-0.2, 0) is 31.6 Å². The van der Waals surface area contributed by atoms with Gasteiger partial charge in [-0.3, -0.25) is 18.9 Å². The van der Waals surface area contributed by atoms with E-state index in [0.717, 1.165) is 18.3 Å². The first-order valence-electron chi connectivity index (χ1n) is 8.75. The molecule has 2 rings (SSSR count). The molecule has 1 aliphatic heterocycles. The summed E-state index contributed by atoms with van der Waals surface area (Å²) in [5.41, 5.74) is -7.20. The largest absolute Gasteiger partial charge is 0.490 e. The molecule has 1 aromatic heterocycles. The molecule has 0 aliphatic carbocycles. The topological polar surface area (TPSA) is 264 Å². The lowest BCUT2D eigenvalue weighted by Crippen LogP contribution is -2.54. The van der Waals surface area contributed by atoms with Gasteiger partial charge in [0.05, 0.1) is 6.61 Å². The van der Waals surface area contributed by atoms with Crippen LogP contribution in [0.5, 0.6) is 0 Å². The second kappa shape index (κ2) is 9.95. The Kier molecular flexibility index (Phi) is 8.45. The summed E-state index contributed by atoms with van der Waals surface area (Å²) in [7, 11) is -17.3. The zero-order valence-electron chi connectivity index (χ0n) is 16.7. The lowest BCUT2D eigenvalue weighted by atomic mass is 9.84. The lowest BCUT2D eigenvalue weighted by Gasteiger charge is -2.32. The van der Waals surface area contributed by atoms with E-state index in [0.29, 0.717) is 4.57 Å². The number of phosphoric acid groups is 3. The fourth-order valence-electron chi connectivity index (χ4n) is 3.08. The summed E-state index contributed by atoms with van der Waals surface area (Å²) < 4.78 is 65.5. The van der Waals surface area contributed by atoms with E-state index in [-0.39, 0.29) is 0 Å². The van der Waals surface area contributed by atoms with E-state index in [2.05, 4.69) is 19.7 Å². The van der Waals surface area contributed by atoms with Crippen LogP contribution in [0.15, 0.2) is 34.5 Å². The molecule has 0 aromatic carbocycles. The van der Waals surface area contributed by atoms with E-state index in [1.807, 2.05) is 4.98 Å². The van der Waals surface area contributed by atoms with Crippen LogP contribution in [0, 0.1) is 0 Å². The Morgan fingerprint density at radius 3 is 2.32 bits per heavy atom. The number of halogens is 1. The van der Waals surface area contributed by atoms with Crippen molar-refractivity contribution in [1.82, 2.24) is 9.55 Å². The maximum Gasteiger partial charge on any atom is 0.490 e. The minimum Gasteiger partial charge on any atom is -0.387 e. The van der Waals surface area contributed by atoms with Crippen LogP contribution < -0.4 is 11.2 Å². The number of phosphoric ester groups is 1. The highest BCUT2D eigenvalue weighted by Crippen LogP contribution is 2.66. The number of aromatic amines is 1. The quantitative estimate of drug-likeness (QED) is 0.124. The van der Waals surface area contributed by atoms with Crippen molar-refractivity contribution < 1.29 is 65.8 Å². The Hall–Kier alpha value is -1.36. The molecule has 21 heteroatoms. The maximum atomic E-state index is 14.1. The molecule has 0 amide bonds. The van der Waals surface area contributed by atoms with Gasteiger partial charge in [-0.05, 0) is 0 Å². The predicted octanol–water partition coefficient (Wildman–Crippen LogP) is -1.21. The van der Waals surface area contributed by atoms with Crippen molar-refractivity contribution in [2.24, 2.45) is 0 Å². The molecular formula is C13H20FN2O15P3. The SMILES string of the molecule is C=CCC1(O)C(n2ccc(=O)[nH]c2=O)OC(CF)(COP(=O)(O)OP(=O)(O)OP(=O)(O)O)C1O. The normalized spacial score (nSPS) is 31.0. The Bertz CT molecular complexity index is 1180. The second-order valence-electron chi connectivity index (χ2n) is 6.94. The third-order valence-corrected chi connectivity index (χ3v) is 8.22. The number of nitrogens with zero attached hydrogens (tertiary/aromatic N) is 1. The number of hydrogen-bond acceptors (Lipinski definition) is 11. The van der Waals surface area contributed by atoms with E-state index >= 15 is 0 Å². The molecule has 1 saturated heterocycles. The van der Waals surface area contributed by atoms with Gasteiger partial charge < -0.3 is 34.5 Å². The van der Waals surface area contributed by atoms with Gasteiger partial charge in [0.15, 0.2) is 11.8 Å². The van der Waals surface area contributed by atoms with Crippen molar-refractivity contribution in [1.29, 1.82) is 0 Å². The number of nitrogens with one attached hydrogen (secondary N) is 1. The number of aliphatic hydroxyl groups is 2. The van der Waals surface area contributed by atoms with Crippen LogP contribution in [0.25, 0.3) is 0 Å². The van der Waals surface area contributed by atoms with Crippen molar-refractivity contribution in [3.63, 3.8) is 0 Å². The Balaban J connectivity index is 2.37. The molecule has 6 unspecified atom stereocenters. The van der Waals surface area contributed by atoms with Gasteiger partial charge in [-0.25, -0.2) is 22.9 Å². The second-order valence-corrected chi connectivity index (χ2v) is 11.4. The summed E-state index contributed by atoms with van der Waals surface area (Å²) in [4.78, 5) is 61.2. The zero-order valence-corrected chi connectivity index (χ0v) is 19.4. The fourth-order valence-corrected chi connectivity index (χ4v) is 6.16. The lowest BCUT2D eigenvalue weighted by molar-refractivity contribution is -0.138. The first-order valence-corrected chi connectivity index (χ1v) is 13.3. The van der Waals surface area contributed by atoms with Crippen LogP contribution >= 0.6 is 23.5 Å². The summed E-state index contributed by atoms with van der Waals surface area (Å²) in [5, 5.41) is 21.7. The Labute approximate surface area is 188 Å². The van der Waals surface area contributed by atoms with E-state index in [1.54, 1.807) is 0 Å². The van der Waals surface area contributed by atoms with Crippen molar-refractivity contribution in [2.75, 3.05) is 13.3 Å². The monoisotopic (exact) mass is 556 g/mol. The van der Waals surface area contributed by atoms with Crippen molar-refractivity contribution in [3.8, 4) is 0 Å². The van der Waals surface area contributed by atoms with E-state index in [1.165, 1.54) is 0 Å². The molecule has 0 bridgehead atoms. The summed E-state index contributed by atoms with van der Waals surface area (Å²) in [6, 6.07) is 0.840. The minimum atomic E-state index is -5.89. The molecule has 17 nitrogen and oxygen atoms in total. The van der Waals surface area contributed by atoms with Gasteiger partial charge in [0, 0.05) is 18.7 Å². The molecule has 0 spiro atoms. The highest BCUT2D eigenvalue weighted by atomic mass is 31.3. The van der Waals surface area contributed by atoms with Crippen LogP contribution in [-0.4, -0.2) is 69.9 Å². The molecule has 1 aliphatic rings. The number of rotatable bonds is 11. The van der Waals surface area contributed by atoms with Gasteiger partial charge in [0.2, 0.25) is 0 Å². The van der Waals surface area contributed by atoms with Crippen LogP contribution in [0.1, 0.15) is 12.6 Å². The standard InChI is InChI=1S/C13H20FN2O15P3/c1-2-4-13(20)9(18)12(6-14,29-10(13)16-5-3-8(17)15-11(16)19)7-28-33(24,25)31-34(26,27)30-32(21,22)23/h2-3,5,9-10,18,20H,1,4,6-7H2,(H,24,25)(H,26,27)(H,15,17,19)(H2,21,22,23). The van der Waals surface area contributed by atoms with Crippen LogP contribution in [0.4, 0.5) is 4.39 Å². The Morgan fingerprint density at radius 2 is 1.82 bits per heavy atom. The number of alkyl halides is 1. The smallest absolute Gasteiger partial charge is 0.387 e. The molecule has 0 radical (unpaired) electrons. The van der Waals surface area contributed by atoms with E-state index in [4.69, 9.17) is 14.5 Å². The first kappa shape index (κ1) is 28.9. The molecule has 6 atom stereocenters. The molecule has 0 saturated carbocycles. The first-order chi connectivity index (χ1) is 15.4. The van der Waals surface area contributed by atoms with Crippen molar-refractivity contribution in [3.05, 3.63) is 45.8 Å². The van der Waals surface area contributed by atoms with Crippen LogP contribution in [0.3, 0.4) is 0 Å². The summed E-state index contributed by atoms with van der Waals surface area (Å²) in [6.45, 7) is 0.151. The van der Waals surface area contributed by atoms with Gasteiger partial charge >= 0.3 is 29.2 Å². The predicted molar refractivity (Wildman–Crippen MR) is 106 cm³/mol. The molecule has 34 heavy (non-hydrogen) atoms.